The first-order chi connectivity index (χ1) is 17.4. The summed E-state index contributed by atoms with van der Waals surface area (Å²) in [7, 11) is 0. The molecule has 2 aromatic heterocycles. The molecule has 2 atom stereocenters. The van der Waals surface area contributed by atoms with Crippen molar-refractivity contribution in [1.29, 1.82) is 0 Å². The smallest absolute Gasteiger partial charge is 0.227 e. The minimum Gasteiger partial charge on any atom is -0.365 e. The lowest BCUT2D eigenvalue weighted by Gasteiger charge is -2.39. The van der Waals surface area contributed by atoms with Crippen molar-refractivity contribution in [2.24, 2.45) is 0 Å². The summed E-state index contributed by atoms with van der Waals surface area (Å²) in [6.45, 7) is 10.9. The van der Waals surface area contributed by atoms with Gasteiger partial charge in [-0.2, -0.15) is 4.98 Å². The van der Waals surface area contributed by atoms with Crippen LogP contribution >= 0.6 is 0 Å². The highest BCUT2D eigenvalue weighted by molar-refractivity contribution is 5.79. The number of piperazine rings is 1. The summed E-state index contributed by atoms with van der Waals surface area (Å²) in [5, 5.41) is 4.62. The lowest BCUT2D eigenvalue weighted by Crippen LogP contribution is -2.54. The SMILES string of the molecule is CC(=O)N1CCN(c2nc(NCc3cnc4ccccc4c3)c3c(n2)[C@@H](C=O)N(C(C)C)C3)CC1C. The van der Waals surface area contributed by atoms with Gasteiger partial charge in [-0.1, -0.05) is 18.2 Å². The van der Waals surface area contributed by atoms with Gasteiger partial charge in [-0.25, -0.2) is 4.98 Å². The van der Waals surface area contributed by atoms with Gasteiger partial charge in [0.25, 0.3) is 0 Å². The van der Waals surface area contributed by atoms with Crippen molar-refractivity contribution >= 4 is 34.9 Å². The second-order valence-corrected chi connectivity index (χ2v) is 9.98. The molecule has 1 unspecified atom stereocenters. The molecule has 36 heavy (non-hydrogen) atoms. The molecule has 1 amide bonds. The van der Waals surface area contributed by atoms with Crippen molar-refractivity contribution in [3.05, 3.63) is 53.3 Å². The predicted molar refractivity (Wildman–Crippen MR) is 140 cm³/mol. The van der Waals surface area contributed by atoms with E-state index in [0.29, 0.717) is 38.7 Å². The van der Waals surface area contributed by atoms with Gasteiger partial charge in [-0.3, -0.25) is 14.7 Å². The Hall–Kier alpha value is -3.59. The lowest BCUT2D eigenvalue weighted by molar-refractivity contribution is -0.131. The number of amides is 1. The van der Waals surface area contributed by atoms with Gasteiger partial charge in [0.15, 0.2) is 0 Å². The Bertz CT molecular complexity index is 1290. The summed E-state index contributed by atoms with van der Waals surface area (Å²) in [5.74, 6) is 1.43. The fraction of sp³-hybridized carbons (Fsp3) is 0.444. The summed E-state index contributed by atoms with van der Waals surface area (Å²) in [6.07, 6.45) is 2.87. The third-order valence-corrected chi connectivity index (χ3v) is 7.22. The number of nitrogens with one attached hydrogen (secondary N) is 1. The summed E-state index contributed by atoms with van der Waals surface area (Å²) in [5.41, 5.74) is 3.75. The maximum absolute atomic E-state index is 12.2. The number of nitrogens with zero attached hydrogens (tertiary/aromatic N) is 6. The van der Waals surface area contributed by atoms with E-state index in [2.05, 4.69) is 46.1 Å². The molecule has 3 aromatic rings. The molecule has 0 saturated carbocycles. The van der Waals surface area contributed by atoms with Crippen LogP contribution in [0, 0.1) is 0 Å². The highest BCUT2D eigenvalue weighted by Gasteiger charge is 2.37. The molecule has 9 heteroatoms. The Kier molecular flexibility index (Phi) is 6.57. The van der Waals surface area contributed by atoms with E-state index in [1.54, 1.807) is 6.92 Å². The van der Waals surface area contributed by atoms with Crippen molar-refractivity contribution in [3.63, 3.8) is 0 Å². The van der Waals surface area contributed by atoms with Crippen molar-refractivity contribution in [1.82, 2.24) is 24.8 Å². The third kappa shape index (κ3) is 4.51. The molecular weight excluding hydrogens is 454 g/mol. The molecule has 1 N–H and O–H groups in total. The van der Waals surface area contributed by atoms with Crippen LogP contribution in [0.5, 0.6) is 0 Å². The molecule has 4 heterocycles. The first-order valence-corrected chi connectivity index (χ1v) is 12.6. The maximum Gasteiger partial charge on any atom is 0.227 e. The zero-order valence-corrected chi connectivity index (χ0v) is 21.3. The standard InChI is InChI=1S/C27H33N7O2/c1-17(2)34-15-22-25(24(34)16-35)30-27(32-9-10-33(19(4)36)18(3)14-32)31-26(22)29-13-20-11-21-7-5-6-8-23(21)28-12-20/h5-8,11-12,16-18,24H,9-10,13-15H2,1-4H3,(H,29,30,31)/t18?,24-/m1/s1. The van der Waals surface area contributed by atoms with E-state index < -0.39 is 6.04 Å². The van der Waals surface area contributed by atoms with Gasteiger partial charge in [0.05, 0.1) is 11.2 Å². The number of carbonyl (C=O) groups excluding carboxylic acids is 2. The van der Waals surface area contributed by atoms with Gasteiger partial charge in [0.1, 0.15) is 18.1 Å². The zero-order chi connectivity index (χ0) is 25.4. The summed E-state index contributed by atoms with van der Waals surface area (Å²) < 4.78 is 0. The molecule has 1 aromatic carbocycles. The number of carbonyl (C=O) groups is 2. The van der Waals surface area contributed by atoms with Gasteiger partial charge in [-0.15, -0.1) is 0 Å². The number of fused-ring (bicyclic) bond motifs is 2. The van der Waals surface area contributed by atoms with Crippen LogP contribution in [0.4, 0.5) is 11.8 Å². The van der Waals surface area contributed by atoms with Crippen LogP contribution in [0.3, 0.4) is 0 Å². The normalized spacial score (nSPS) is 20.1. The van der Waals surface area contributed by atoms with E-state index in [9.17, 15) is 9.59 Å². The number of para-hydroxylation sites is 1. The van der Waals surface area contributed by atoms with Crippen molar-refractivity contribution in [2.75, 3.05) is 29.9 Å². The van der Waals surface area contributed by atoms with Crippen LogP contribution in [-0.4, -0.2) is 68.7 Å². The molecule has 0 bridgehead atoms. The lowest BCUT2D eigenvalue weighted by atomic mass is 10.1. The number of aldehydes is 1. The number of rotatable bonds is 6. The van der Waals surface area contributed by atoms with Gasteiger partial charge >= 0.3 is 0 Å². The second-order valence-electron chi connectivity index (χ2n) is 9.98. The van der Waals surface area contributed by atoms with Crippen LogP contribution in [0.2, 0.25) is 0 Å². The molecular formula is C27H33N7O2. The Balaban J connectivity index is 1.47. The largest absolute Gasteiger partial charge is 0.365 e. The van der Waals surface area contributed by atoms with E-state index >= 15 is 0 Å². The Morgan fingerprint density at radius 3 is 2.75 bits per heavy atom. The number of hydrogen-bond acceptors (Lipinski definition) is 8. The number of benzene rings is 1. The monoisotopic (exact) mass is 487 g/mol. The molecule has 0 aliphatic carbocycles. The first kappa shape index (κ1) is 24.1. The summed E-state index contributed by atoms with van der Waals surface area (Å²) >= 11 is 0. The van der Waals surface area contributed by atoms with E-state index in [4.69, 9.17) is 9.97 Å². The Morgan fingerprint density at radius 2 is 2.03 bits per heavy atom. The number of hydrogen-bond donors (Lipinski definition) is 1. The minimum absolute atomic E-state index is 0.0576. The molecule has 2 aliphatic rings. The Morgan fingerprint density at radius 1 is 1.22 bits per heavy atom. The quantitative estimate of drug-likeness (QED) is 0.530. The van der Waals surface area contributed by atoms with Crippen LogP contribution in [-0.2, 0) is 22.7 Å². The van der Waals surface area contributed by atoms with E-state index in [1.807, 2.05) is 36.2 Å². The maximum atomic E-state index is 12.2. The van der Waals surface area contributed by atoms with Gasteiger partial charge < -0.3 is 19.9 Å². The van der Waals surface area contributed by atoms with Gasteiger partial charge in [0, 0.05) is 68.9 Å². The number of anilines is 2. The van der Waals surface area contributed by atoms with E-state index in [-0.39, 0.29) is 18.0 Å². The fourth-order valence-corrected chi connectivity index (χ4v) is 5.27. The van der Waals surface area contributed by atoms with Crippen LogP contribution in [0.25, 0.3) is 10.9 Å². The van der Waals surface area contributed by atoms with E-state index in [0.717, 1.165) is 39.8 Å². The molecule has 5 rings (SSSR count). The minimum atomic E-state index is -0.402. The molecule has 9 nitrogen and oxygen atoms in total. The molecule has 188 valence electrons. The van der Waals surface area contributed by atoms with E-state index in [1.165, 1.54) is 0 Å². The third-order valence-electron chi connectivity index (χ3n) is 7.22. The molecule has 1 fully saturated rings. The average molecular weight is 488 g/mol. The van der Waals surface area contributed by atoms with Crippen molar-refractivity contribution in [3.8, 4) is 0 Å². The first-order valence-electron chi connectivity index (χ1n) is 12.6. The van der Waals surface area contributed by atoms with Gasteiger partial charge in [0.2, 0.25) is 11.9 Å². The fourth-order valence-electron chi connectivity index (χ4n) is 5.27. The topological polar surface area (TPSA) is 94.6 Å². The van der Waals surface area contributed by atoms with Crippen molar-refractivity contribution in [2.45, 2.75) is 58.9 Å². The molecule has 1 saturated heterocycles. The molecule has 0 radical (unpaired) electrons. The zero-order valence-electron chi connectivity index (χ0n) is 21.3. The highest BCUT2D eigenvalue weighted by atomic mass is 16.2. The van der Waals surface area contributed by atoms with Crippen LogP contribution in [0.15, 0.2) is 36.5 Å². The van der Waals surface area contributed by atoms with Gasteiger partial charge in [-0.05, 0) is 38.5 Å². The second kappa shape index (κ2) is 9.81. The average Bonchev–Trinajstić information content (AvgIpc) is 3.26. The number of pyridine rings is 1. The highest BCUT2D eigenvalue weighted by Crippen LogP contribution is 2.37. The van der Waals surface area contributed by atoms with Crippen LogP contribution in [0.1, 0.15) is 50.6 Å². The molecule has 0 spiro atoms. The number of aromatic nitrogens is 3. The Labute approximate surface area is 211 Å². The predicted octanol–water partition coefficient (Wildman–Crippen LogP) is 3.16. The molecule has 2 aliphatic heterocycles. The van der Waals surface area contributed by atoms with Crippen molar-refractivity contribution < 1.29 is 9.59 Å². The van der Waals surface area contributed by atoms with Crippen LogP contribution < -0.4 is 10.2 Å². The summed E-state index contributed by atoms with van der Waals surface area (Å²) in [4.78, 5) is 44.7. The summed E-state index contributed by atoms with van der Waals surface area (Å²) in [6, 6.07) is 10.0.